The van der Waals surface area contributed by atoms with Crippen LogP contribution in [0.3, 0.4) is 0 Å². The summed E-state index contributed by atoms with van der Waals surface area (Å²) in [7, 11) is 0. The number of hydrogen-bond donors (Lipinski definition) is 1. The van der Waals surface area contributed by atoms with Gasteiger partial charge in [0, 0.05) is 18.4 Å². The van der Waals surface area contributed by atoms with Gasteiger partial charge in [-0.15, -0.1) is 0 Å². The minimum atomic E-state index is 0.489. The Morgan fingerprint density at radius 1 is 1.31 bits per heavy atom. The van der Waals surface area contributed by atoms with Crippen LogP contribution in [0.25, 0.3) is 0 Å². The fourth-order valence-electron chi connectivity index (χ4n) is 1.82. The third-order valence-electron chi connectivity index (χ3n) is 2.88. The lowest BCUT2D eigenvalue weighted by Gasteiger charge is -2.21. The first-order valence-electron chi connectivity index (χ1n) is 6.28. The van der Waals surface area contributed by atoms with Gasteiger partial charge in [0.05, 0.1) is 0 Å². The van der Waals surface area contributed by atoms with Gasteiger partial charge in [0.15, 0.2) is 0 Å². The van der Waals surface area contributed by atoms with Crippen LogP contribution >= 0.6 is 11.5 Å². The van der Waals surface area contributed by atoms with Crippen molar-refractivity contribution in [1.29, 1.82) is 0 Å². The molecular formula is C12H23N3S. The van der Waals surface area contributed by atoms with E-state index < -0.39 is 0 Å². The van der Waals surface area contributed by atoms with Crippen LogP contribution in [0.1, 0.15) is 57.3 Å². The van der Waals surface area contributed by atoms with E-state index in [0.717, 1.165) is 25.2 Å². The molecule has 0 radical (unpaired) electrons. The molecule has 1 aromatic heterocycles. The van der Waals surface area contributed by atoms with Crippen molar-refractivity contribution in [2.24, 2.45) is 0 Å². The lowest BCUT2D eigenvalue weighted by atomic mass is 9.99. The van der Waals surface area contributed by atoms with Gasteiger partial charge in [0.25, 0.3) is 0 Å². The third-order valence-corrected chi connectivity index (χ3v) is 3.76. The molecule has 1 rings (SSSR count). The smallest absolute Gasteiger partial charge is 0.142 e. The normalized spacial score (nSPS) is 15.0. The van der Waals surface area contributed by atoms with Gasteiger partial charge in [-0.25, -0.2) is 4.98 Å². The van der Waals surface area contributed by atoms with Gasteiger partial charge in [-0.3, -0.25) is 0 Å². The summed E-state index contributed by atoms with van der Waals surface area (Å²) in [5.41, 5.74) is 0. The van der Waals surface area contributed by atoms with Crippen molar-refractivity contribution < 1.29 is 0 Å². The topological polar surface area (TPSA) is 37.8 Å². The molecule has 0 bridgehead atoms. The maximum Gasteiger partial charge on any atom is 0.142 e. The Hall–Kier alpha value is -0.480. The van der Waals surface area contributed by atoms with Gasteiger partial charge < -0.3 is 5.32 Å². The van der Waals surface area contributed by atoms with Crippen LogP contribution in [0.15, 0.2) is 0 Å². The van der Waals surface area contributed by atoms with E-state index in [2.05, 4.69) is 42.4 Å². The zero-order chi connectivity index (χ0) is 12.0. The maximum absolute atomic E-state index is 4.60. The van der Waals surface area contributed by atoms with E-state index in [1.807, 2.05) is 0 Å². The van der Waals surface area contributed by atoms with Crippen LogP contribution in [0.4, 0.5) is 0 Å². The highest BCUT2D eigenvalue weighted by atomic mass is 32.1. The summed E-state index contributed by atoms with van der Waals surface area (Å²) < 4.78 is 4.37. The van der Waals surface area contributed by atoms with E-state index in [-0.39, 0.29) is 0 Å². The Labute approximate surface area is 103 Å². The number of aryl methyl sites for hydroxylation is 1. The molecule has 16 heavy (non-hydrogen) atoms. The molecule has 0 aliphatic carbocycles. The first-order chi connectivity index (χ1) is 7.72. The van der Waals surface area contributed by atoms with Gasteiger partial charge in [-0.1, -0.05) is 20.8 Å². The summed E-state index contributed by atoms with van der Waals surface area (Å²) in [6.45, 7) is 9.85. The molecule has 1 aromatic rings. The SMILES string of the molecule is CCCNC(C)C(CC)c1nc(CC)ns1. The number of hydrogen-bond acceptors (Lipinski definition) is 4. The van der Waals surface area contributed by atoms with Crippen LogP contribution in [0, 0.1) is 0 Å². The number of nitrogens with one attached hydrogen (secondary N) is 1. The van der Waals surface area contributed by atoms with Crippen LogP contribution < -0.4 is 5.32 Å². The standard InChI is InChI=1S/C12H23N3S/c1-5-8-13-9(4)10(6-2)12-14-11(7-3)15-16-12/h9-10,13H,5-8H2,1-4H3. The summed E-state index contributed by atoms with van der Waals surface area (Å²) in [5.74, 6) is 1.49. The molecule has 4 heteroatoms. The number of rotatable bonds is 7. The molecular weight excluding hydrogens is 218 g/mol. The summed E-state index contributed by atoms with van der Waals surface area (Å²) in [6, 6.07) is 0.489. The molecule has 3 nitrogen and oxygen atoms in total. The fraction of sp³-hybridized carbons (Fsp3) is 0.833. The molecule has 2 unspecified atom stereocenters. The predicted octanol–water partition coefficient (Wildman–Crippen LogP) is 2.98. The maximum atomic E-state index is 4.60. The Morgan fingerprint density at radius 3 is 2.56 bits per heavy atom. The van der Waals surface area contributed by atoms with E-state index in [1.54, 1.807) is 11.5 Å². The second kappa shape index (κ2) is 6.97. The molecule has 92 valence electrons. The molecule has 0 spiro atoms. The molecule has 0 fully saturated rings. The van der Waals surface area contributed by atoms with E-state index >= 15 is 0 Å². The predicted molar refractivity (Wildman–Crippen MR) is 70.1 cm³/mol. The van der Waals surface area contributed by atoms with Gasteiger partial charge >= 0.3 is 0 Å². The largest absolute Gasteiger partial charge is 0.314 e. The lowest BCUT2D eigenvalue weighted by molar-refractivity contribution is 0.448. The molecule has 0 aromatic carbocycles. The Kier molecular flexibility index (Phi) is 5.91. The molecule has 0 aliphatic rings. The third kappa shape index (κ3) is 3.52. The second-order valence-electron chi connectivity index (χ2n) is 4.16. The van der Waals surface area contributed by atoms with Crippen molar-refractivity contribution in [3.63, 3.8) is 0 Å². The average Bonchev–Trinajstić information content (AvgIpc) is 2.76. The Bertz CT molecular complexity index is 298. The highest BCUT2D eigenvalue weighted by Gasteiger charge is 2.20. The Morgan fingerprint density at radius 2 is 2.06 bits per heavy atom. The molecule has 0 amide bonds. The summed E-state index contributed by atoms with van der Waals surface area (Å²) >= 11 is 1.57. The summed E-state index contributed by atoms with van der Waals surface area (Å²) in [5, 5.41) is 4.74. The average molecular weight is 241 g/mol. The minimum Gasteiger partial charge on any atom is -0.314 e. The van der Waals surface area contributed by atoms with Crippen molar-refractivity contribution in [1.82, 2.24) is 14.7 Å². The quantitative estimate of drug-likeness (QED) is 0.797. The van der Waals surface area contributed by atoms with Crippen molar-refractivity contribution >= 4 is 11.5 Å². The number of nitrogens with zero attached hydrogens (tertiary/aromatic N) is 2. The molecule has 1 N–H and O–H groups in total. The summed E-state index contributed by atoms with van der Waals surface area (Å²) in [4.78, 5) is 4.60. The van der Waals surface area contributed by atoms with E-state index in [4.69, 9.17) is 0 Å². The monoisotopic (exact) mass is 241 g/mol. The Balaban J connectivity index is 2.65. The second-order valence-corrected chi connectivity index (χ2v) is 4.94. The van der Waals surface area contributed by atoms with Crippen molar-refractivity contribution in [2.75, 3.05) is 6.54 Å². The molecule has 0 saturated carbocycles. The first-order valence-corrected chi connectivity index (χ1v) is 7.06. The number of aromatic nitrogens is 2. The first kappa shape index (κ1) is 13.6. The van der Waals surface area contributed by atoms with Gasteiger partial charge in [0.1, 0.15) is 10.8 Å². The molecule has 0 aliphatic heterocycles. The van der Waals surface area contributed by atoms with Gasteiger partial charge in [-0.2, -0.15) is 4.37 Å². The zero-order valence-electron chi connectivity index (χ0n) is 10.8. The van der Waals surface area contributed by atoms with Crippen LogP contribution in [-0.2, 0) is 6.42 Å². The molecule has 2 atom stereocenters. The van der Waals surface area contributed by atoms with Crippen LogP contribution in [0.5, 0.6) is 0 Å². The fourth-order valence-corrected chi connectivity index (χ4v) is 2.84. The van der Waals surface area contributed by atoms with Crippen molar-refractivity contribution in [3.8, 4) is 0 Å². The van der Waals surface area contributed by atoms with E-state index in [0.29, 0.717) is 12.0 Å². The minimum absolute atomic E-state index is 0.489. The molecule has 0 saturated heterocycles. The van der Waals surface area contributed by atoms with Crippen LogP contribution in [-0.4, -0.2) is 21.9 Å². The highest BCUT2D eigenvalue weighted by Crippen LogP contribution is 2.25. The lowest BCUT2D eigenvalue weighted by Crippen LogP contribution is -2.32. The van der Waals surface area contributed by atoms with E-state index in [9.17, 15) is 0 Å². The van der Waals surface area contributed by atoms with Crippen molar-refractivity contribution in [2.45, 2.75) is 58.9 Å². The molecule has 1 heterocycles. The van der Waals surface area contributed by atoms with Crippen molar-refractivity contribution in [3.05, 3.63) is 10.8 Å². The summed E-state index contributed by atoms with van der Waals surface area (Å²) in [6.07, 6.45) is 3.23. The van der Waals surface area contributed by atoms with E-state index in [1.165, 1.54) is 11.4 Å². The highest BCUT2D eigenvalue weighted by molar-refractivity contribution is 7.05. The van der Waals surface area contributed by atoms with Gasteiger partial charge in [0.2, 0.25) is 0 Å². The van der Waals surface area contributed by atoms with Crippen LogP contribution in [0.2, 0.25) is 0 Å². The zero-order valence-corrected chi connectivity index (χ0v) is 11.6. The van der Waals surface area contributed by atoms with Gasteiger partial charge in [-0.05, 0) is 37.8 Å².